The molecule has 2 amide bonds. The smallest absolute Gasteiger partial charge is 0.362 e. The summed E-state index contributed by atoms with van der Waals surface area (Å²) in [6.45, 7) is 0.320. The lowest BCUT2D eigenvalue weighted by atomic mass is 9.99. The predicted octanol–water partition coefficient (Wildman–Crippen LogP) is 6.95. The van der Waals surface area contributed by atoms with Gasteiger partial charge in [0.05, 0.1) is 34.3 Å². The minimum atomic E-state index is -3.95. The molecule has 2 aliphatic rings. The number of aromatic amines is 1. The van der Waals surface area contributed by atoms with Crippen molar-refractivity contribution in [1.82, 2.24) is 9.88 Å². The second-order valence-corrected chi connectivity index (χ2v) is 12.1. The van der Waals surface area contributed by atoms with Crippen LogP contribution in [0, 0.1) is 11.3 Å². The second-order valence-electron chi connectivity index (χ2n) is 9.76. The quantitative estimate of drug-likeness (QED) is 0.278. The lowest BCUT2D eigenvalue weighted by Gasteiger charge is -2.28. The molecule has 1 fully saturated rings. The van der Waals surface area contributed by atoms with E-state index in [1.807, 2.05) is 11.1 Å². The number of anilines is 1. The molecule has 0 radical (unpaired) electrons. The van der Waals surface area contributed by atoms with Crippen LogP contribution < -0.4 is 10.5 Å². The molecule has 3 aromatic rings. The number of hydrogen-bond acceptors (Lipinski definition) is 6. The molecule has 218 valence electrons. The number of H-pyrrole nitrogens is 1. The van der Waals surface area contributed by atoms with E-state index < -0.39 is 34.1 Å². The summed E-state index contributed by atoms with van der Waals surface area (Å²) in [7, 11) is 0. The maximum atomic E-state index is 14.1. The van der Waals surface area contributed by atoms with Gasteiger partial charge in [0.2, 0.25) is 5.91 Å². The van der Waals surface area contributed by atoms with E-state index in [1.165, 1.54) is 28.0 Å². The zero-order valence-electron chi connectivity index (χ0n) is 21.6. The number of alkyl halides is 3. The molecule has 1 aromatic heterocycles. The van der Waals surface area contributed by atoms with E-state index in [4.69, 9.17) is 34.8 Å². The summed E-state index contributed by atoms with van der Waals surface area (Å²) in [5.74, 6) is -1.16. The number of benzene rings is 2. The number of aromatic nitrogens is 1. The van der Waals surface area contributed by atoms with Crippen LogP contribution >= 0.6 is 46.6 Å². The van der Waals surface area contributed by atoms with Crippen LogP contribution in [0.15, 0.2) is 51.0 Å². The van der Waals surface area contributed by atoms with Gasteiger partial charge in [-0.25, -0.2) is 0 Å². The zero-order chi connectivity index (χ0) is 30.3. The lowest BCUT2D eigenvalue weighted by molar-refractivity contribution is -0.119. The molecule has 2 N–H and O–H groups in total. The van der Waals surface area contributed by atoms with Crippen molar-refractivity contribution in [2.75, 3.05) is 11.4 Å². The number of piperidine rings is 1. The lowest BCUT2D eigenvalue weighted by Crippen LogP contribution is -2.35. The summed E-state index contributed by atoms with van der Waals surface area (Å²) >= 11 is 18.5. The summed E-state index contributed by atoms with van der Waals surface area (Å²) in [4.78, 5) is 44.6. The van der Waals surface area contributed by atoms with Gasteiger partial charge in [0.25, 0.3) is 11.5 Å². The molecular formula is C28H21Cl3F2N4O4S. The van der Waals surface area contributed by atoms with Gasteiger partial charge in [-0.05, 0) is 65.9 Å². The number of hydrogen-bond donors (Lipinski definition) is 2. The number of nitriles is 1. The molecule has 8 nitrogen and oxygen atoms in total. The fraction of sp³-hybridized carbons (Fsp3) is 0.286. The van der Waals surface area contributed by atoms with Gasteiger partial charge in [-0.15, -0.1) is 0 Å². The van der Waals surface area contributed by atoms with Crippen LogP contribution in [0.3, 0.4) is 0 Å². The third kappa shape index (κ3) is 5.69. The standard InChI is InChI=1S/C28H21Cl3F2N4O4S/c29-16-4-3-5-17(30)25(16)42-21-12-22(28(31,32)33)35-26(40)24(21)27(41)37-13-14-10-20(38)19(11-15(14)18(37)7-8-34)36-9-2-1-6-23(36)39/h3-5,10-12,18,38H,1-2,6-7,9,13H2,(H,35,40). The van der Waals surface area contributed by atoms with Gasteiger partial charge in [0.1, 0.15) is 17.0 Å². The third-order valence-corrected chi connectivity index (χ3v) is 9.36. The Kier molecular flexibility index (Phi) is 8.45. The largest absolute Gasteiger partial charge is 0.506 e. The topological polar surface area (TPSA) is 117 Å². The maximum Gasteiger partial charge on any atom is 0.362 e. The Bertz CT molecular complexity index is 1690. The molecular weight excluding hydrogens is 633 g/mol. The van der Waals surface area contributed by atoms with Crippen LogP contribution in [-0.4, -0.2) is 33.3 Å². The number of phenolic OH excluding ortho intramolecular Hbond substituents is 1. The van der Waals surface area contributed by atoms with Gasteiger partial charge in [0, 0.05) is 29.3 Å². The Morgan fingerprint density at radius 2 is 1.90 bits per heavy atom. The Hall–Kier alpha value is -3.30. The normalized spacial score (nSPS) is 16.9. The highest BCUT2D eigenvalue weighted by atomic mass is 35.5. The molecule has 42 heavy (non-hydrogen) atoms. The summed E-state index contributed by atoms with van der Waals surface area (Å²) in [6.07, 6.45) is 1.65. The van der Waals surface area contributed by atoms with Crippen molar-refractivity contribution in [2.45, 2.75) is 53.4 Å². The number of pyridine rings is 1. The number of phenols is 1. The zero-order valence-corrected chi connectivity index (χ0v) is 24.7. The molecule has 0 bridgehead atoms. The average Bonchev–Trinajstić information content (AvgIpc) is 3.27. The average molecular weight is 654 g/mol. The molecule has 14 heteroatoms. The number of carbonyl (C=O) groups is 2. The predicted molar refractivity (Wildman–Crippen MR) is 155 cm³/mol. The van der Waals surface area contributed by atoms with Crippen molar-refractivity contribution in [2.24, 2.45) is 0 Å². The van der Waals surface area contributed by atoms with Crippen LogP contribution in [0.2, 0.25) is 10.0 Å². The molecule has 1 atom stereocenters. The monoisotopic (exact) mass is 652 g/mol. The highest BCUT2D eigenvalue weighted by molar-refractivity contribution is 7.99. The number of amides is 2. The summed E-state index contributed by atoms with van der Waals surface area (Å²) in [5, 5.41) is 16.8. The van der Waals surface area contributed by atoms with Crippen LogP contribution in [0.25, 0.3) is 0 Å². The van der Waals surface area contributed by atoms with E-state index in [2.05, 4.69) is 0 Å². The van der Waals surface area contributed by atoms with E-state index in [9.17, 15) is 33.5 Å². The number of halogens is 5. The van der Waals surface area contributed by atoms with Crippen molar-refractivity contribution in [1.29, 1.82) is 5.26 Å². The number of rotatable bonds is 6. The van der Waals surface area contributed by atoms with Crippen molar-refractivity contribution in [3.05, 3.63) is 79.2 Å². The Morgan fingerprint density at radius 3 is 2.55 bits per heavy atom. The van der Waals surface area contributed by atoms with Crippen LogP contribution in [0.1, 0.15) is 58.9 Å². The Balaban J connectivity index is 1.59. The number of fused-ring (bicyclic) bond motifs is 1. The second kappa shape index (κ2) is 11.8. The Morgan fingerprint density at radius 1 is 1.19 bits per heavy atom. The van der Waals surface area contributed by atoms with Gasteiger partial charge in [-0.1, -0.05) is 41.0 Å². The molecule has 2 aliphatic heterocycles. The first-order chi connectivity index (χ1) is 19.9. The fourth-order valence-electron chi connectivity index (χ4n) is 5.15. The molecule has 2 aromatic carbocycles. The first-order valence-corrected chi connectivity index (χ1v) is 14.7. The van der Waals surface area contributed by atoms with Crippen LogP contribution in [0.5, 0.6) is 5.75 Å². The fourth-order valence-corrected chi connectivity index (χ4v) is 6.89. The molecule has 0 spiro atoms. The van der Waals surface area contributed by atoms with E-state index in [0.717, 1.165) is 30.7 Å². The van der Waals surface area contributed by atoms with Crippen LogP contribution in [0.4, 0.5) is 14.5 Å². The van der Waals surface area contributed by atoms with Crippen molar-refractivity contribution < 1.29 is 23.5 Å². The minimum absolute atomic E-state index is 0.0912. The van der Waals surface area contributed by atoms with E-state index in [0.29, 0.717) is 24.1 Å². The summed E-state index contributed by atoms with van der Waals surface area (Å²) < 4.78 is 28.2. The third-order valence-electron chi connectivity index (χ3n) is 7.12. The molecule has 0 saturated carbocycles. The van der Waals surface area contributed by atoms with Crippen molar-refractivity contribution in [3.63, 3.8) is 0 Å². The van der Waals surface area contributed by atoms with Gasteiger partial charge in [0.15, 0.2) is 0 Å². The van der Waals surface area contributed by atoms with E-state index in [1.54, 1.807) is 12.1 Å². The number of nitrogens with zero attached hydrogens (tertiary/aromatic N) is 3. The van der Waals surface area contributed by atoms with Crippen molar-refractivity contribution in [3.8, 4) is 11.8 Å². The number of carbonyl (C=O) groups excluding carboxylic acids is 2. The number of nitrogens with one attached hydrogen (secondary N) is 1. The number of aromatic hydroxyl groups is 1. The molecule has 1 saturated heterocycles. The molecule has 5 rings (SSSR count). The van der Waals surface area contributed by atoms with Crippen LogP contribution in [-0.2, 0) is 16.7 Å². The van der Waals surface area contributed by atoms with Gasteiger partial charge < -0.3 is 19.9 Å². The summed E-state index contributed by atoms with van der Waals surface area (Å²) in [5.41, 5.74) is -1.23. The highest BCUT2D eigenvalue weighted by Crippen LogP contribution is 2.45. The van der Waals surface area contributed by atoms with Gasteiger partial charge >= 0.3 is 5.38 Å². The SMILES string of the molecule is N#CCC1c2cc(N3CCCCC3=O)c(O)cc2CN1C(=O)c1c(Sc2c(Cl)cccc2Cl)cc(C(F)(F)Cl)[nH]c1=O. The van der Waals surface area contributed by atoms with Gasteiger partial charge in [-0.2, -0.15) is 14.0 Å². The van der Waals surface area contributed by atoms with E-state index >= 15 is 0 Å². The van der Waals surface area contributed by atoms with E-state index in [-0.39, 0.29) is 50.1 Å². The minimum Gasteiger partial charge on any atom is -0.506 e. The van der Waals surface area contributed by atoms with Crippen molar-refractivity contribution >= 4 is 64.1 Å². The Labute approximate surface area is 257 Å². The first kappa shape index (κ1) is 30.2. The molecule has 1 unspecified atom stereocenters. The molecule has 3 heterocycles. The molecule has 0 aliphatic carbocycles. The van der Waals surface area contributed by atoms with Gasteiger partial charge in [-0.3, -0.25) is 14.4 Å². The summed E-state index contributed by atoms with van der Waals surface area (Å²) in [6, 6.07) is 9.70. The highest BCUT2D eigenvalue weighted by Gasteiger charge is 2.39. The maximum absolute atomic E-state index is 14.1. The first-order valence-electron chi connectivity index (χ1n) is 12.7.